The van der Waals surface area contributed by atoms with Gasteiger partial charge in [0.25, 0.3) is 11.8 Å². The Kier molecular flexibility index (Phi) is 9.81. The molecule has 12 nitrogen and oxygen atoms in total. The van der Waals surface area contributed by atoms with Crippen LogP contribution in [0.1, 0.15) is 31.4 Å². The van der Waals surface area contributed by atoms with Gasteiger partial charge in [0.15, 0.2) is 9.84 Å². The van der Waals surface area contributed by atoms with Crippen molar-refractivity contribution >= 4 is 43.3 Å². The molecule has 1 aromatic heterocycles. The topological polar surface area (TPSA) is 160 Å². The zero-order valence-corrected chi connectivity index (χ0v) is 29.8. The van der Waals surface area contributed by atoms with E-state index in [1.165, 1.54) is 29.6 Å². The zero-order chi connectivity index (χ0) is 36.5. The second-order valence-electron chi connectivity index (χ2n) is 12.0. The molecule has 262 valence electrons. The summed E-state index contributed by atoms with van der Waals surface area (Å²) in [6.45, 7) is 4.08. The predicted octanol–water partition coefficient (Wildman–Crippen LogP) is 4.50. The number of imide groups is 1. The molecule has 3 heterocycles. The number of hydrogen-bond acceptors (Lipinski definition) is 9. The summed E-state index contributed by atoms with van der Waals surface area (Å²) in [4.78, 5) is 29.4. The average Bonchev–Trinajstić information content (AvgIpc) is 3.72. The van der Waals surface area contributed by atoms with Crippen LogP contribution in [0.2, 0.25) is 0 Å². The van der Waals surface area contributed by atoms with Crippen LogP contribution in [0.15, 0.2) is 101 Å². The summed E-state index contributed by atoms with van der Waals surface area (Å²) < 4.78 is 60.2. The lowest BCUT2D eigenvalue weighted by molar-refractivity contribution is -0.142. The Bertz CT molecular complexity index is 2340. The minimum Gasteiger partial charge on any atom is -0.497 e. The van der Waals surface area contributed by atoms with Gasteiger partial charge in [0.2, 0.25) is 10.0 Å². The third-order valence-electron chi connectivity index (χ3n) is 8.98. The summed E-state index contributed by atoms with van der Waals surface area (Å²) in [6, 6.07) is 23.1. The minimum absolute atomic E-state index is 0.0265. The van der Waals surface area contributed by atoms with Crippen molar-refractivity contribution in [3.8, 4) is 28.8 Å². The molecule has 0 radical (unpaired) electrons. The lowest BCUT2D eigenvalue weighted by Crippen LogP contribution is -2.49. The van der Waals surface area contributed by atoms with Gasteiger partial charge in [-0.2, -0.15) is 14.7 Å². The van der Waals surface area contributed by atoms with E-state index in [1.54, 1.807) is 61.1 Å². The molecule has 0 spiro atoms. The summed E-state index contributed by atoms with van der Waals surface area (Å²) in [7, 11) is -5.85. The van der Waals surface area contributed by atoms with Crippen LogP contribution in [0.4, 0.5) is 0 Å². The average molecular weight is 726 g/mol. The van der Waals surface area contributed by atoms with Crippen LogP contribution >= 0.6 is 0 Å². The van der Waals surface area contributed by atoms with Crippen LogP contribution in [-0.2, 0) is 29.4 Å². The van der Waals surface area contributed by atoms with E-state index >= 15 is 0 Å². The maximum absolute atomic E-state index is 14.5. The second kappa shape index (κ2) is 14.1. The number of hydrogen-bond donors (Lipinski definition) is 0. The number of sulfone groups is 1. The van der Waals surface area contributed by atoms with Gasteiger partial charge < -0.3 is 4.74 Å². The molecule has 1 fully saturated rings. The number of rotatable bonds is 10. The first-order valence-corrected chi connectivity index (χ1v) is 19.5. The van der Waals surface area contributed by atoms with E-state index in [1.807, 2.05) is 36.4 Å². The molecule has 14 heteroatoms. The van der Waals surface area contributed by atoms with Crippen LogP contribution in [0.3, 0.4) is 0 Å². The highest BCUT2D eigenvalue weighted by Crippen LogP contribution is 2.39. The number of para-hydroxylation sites is 1. The Morgan fingerprint density at radius 3 is 2.29 bits per heavy atom. The van der Waals surface area contributed by atoms with Gasteiger partial charge >= 0.3 is 0 Å². The highest BCUT2D eigenvalue weighted by Gasteiger charge is 2.45. The number of ether oxygens (including phenoxy) is 1. The number of carbonyl (C=O) groups is 2. The van der Waals surface area contributed by atoms with Crippen molar-refractivity contribution < 1.29 is 31.2 Å². The molecule has 6 rings (SSSR count). The van der Waals surface area contributed by atoms with Crippen LogP contribution in [-0.4, -0.2) is 85.4 Å². The monoisotopic (exact) mass is 725 g/mol. The van der Waals surface area contributed by atoms with Crippen molar-refractivity contribution in [1.29, 1.82) is 5.26 Å². The quantitative estimate of drug-likeness (QED) is 0.170. The SMILES string of the molecule is CCN(CC)S(=O)(=O)c1cccc(-c2nn(-c3ccccc3)cc2/C=C2\C(=O)N(C3CCS(=O)(=O)C3)C(=O)C(C#N)=C2c2ccc(OC)cc2)c1. The highest BCUT2D eigenvalue weighted by molar-refractivity contribution is 7.91. The number of aromatic nitrogens is 2. The van der Waals surface area contributed by atoms with Crippen molar-refractivity contribution in [2.75, 3.05) is 31.7 Å². The summed E-state index contributed by atoms with van der Waals surface area (Å²) in [5.41, 5.74) is 1.96. The summed E-state index contributed by atoms with van der Waals surface area (Å²) in [5, 5.41) is 15.2. The molecule has 1 atom stereocenters. The first-order valence-electron chi connectivity index (χ1n) is 16.3. The fourth-order valence-electron chi connectivity index (χ4n) is 6.40. The first-order chi connectivity index (χ1) is 24.4. The van der Waals surface area contributed by atoms with Crippen molar-refractivity contribution in [2.45, 2.75) is 31.2 Å². The van der Waals surface area contributed by atoms with Crippen LogP contribution in [0.25, 0.3) is 28.6 Å². The largest absolute Gasteiger partial charge is 0.497 e. The smallest absolute Gasteiger partial charge is 0.272 e. The number of benzene rings is 3. The number of carbonyl (C=O) groups excluding carboxylic acids is 2. The molecule has 0 aliphatic carbocycles. The molecule has 0 bridgehead atoms. The Hall–Kier alpha value is -5.36. The van der Waals surface area contributed by atoms with Gasteiger partial charge in [-0.3, -0.25) is 14.5 Å². The standard InChI is InChI=1S/C37H35N5O7S2/c1-4-40(5-2)51(47,48)31-13-9-10-26(20-31)35-27(23-41(39-35)28-11-7-6-8-12-28)21-32-34(25-14-16-30(49-3)17-15-25)33(22-38)37(44)42(36(32)43)29-18-19-50(45,46)24-29/h6-17,20-21,23,29H,4-5,18-19,24H2,1-3H3/b32-21-. The summed E-state index contributed by atoms with van der Waals surface area (Å²) >= 11 is 0. The first kappa shape index (κ1) is 35.5. The third kappa shape index (κ3) is 6.75. The summed E-state index contributed by atoms with van der Waals surface area (Å²) in [6.07, 6.45) is 3.25. The van der Waals surface area contributed by atoms with Gasteiger partial charge in [-0.25, -0.2) is 21.5 Å². The van der Waals surface area contributed by atoms with Crippen molar-refractivity contribution in [2.24, 2.45) is 0 Å². The van der Waals surface area contributed by atoms with Gasteiger partial charge in [-0.05, 0) is 54.5 Å². The minimum atomic E-state index is -3.84. The molecule has 1 saturated heterocycles. The highest BCUT2D eigenvalue weighted by atomic mass is 32.2. The maximum Gasteiger partial charge on any atom is 0.272 e. The Balaban J connectivity index is 1.60. The molecule has 51 heavy (non-hydrogen) atoms. The summed E-state index contributed by atoms with van der Waals surface area (Å²) in [5.74, 6) is -1.71. The van der Waals surface area contributed by atoms with Crippen LogP contribution in [0, 0.1) is 11.3 Å². The van der Waals surface area contributed by atoms with E-state index in [4.69, 9.17) is 9.84 Å². The molecule has 2 amide bonds. The Morgan fingerprint density at radius 1 is 0.980 bits per heavy atom. The number of methoxy groups -OCH3 is 1. The normalized spacial score (nSPS) is 18.5. The third-order valence-corrected chi connectivity index (χ3v) is 12.8. The van der Waals surface area contributed by atoms with Gasteiger partial charge in [0, 0.05) is 36.0 Å². The lowest BCUT2D eigenvalue weighted by Gasteiger charge is -2.32. The molecular formula is C37H35N5O7S2. The Morgan fingerprint density at radius 2 is 1.69 bits per heavy atom. The van der Waals surface area contributed by atoms with Crippen LogP contribution in [0.5, 0.6) is 5.75 Å². The molecule has 2 aliphatic heterocycles. The molecule has 2 aliphatic rings. The number of sulfonamides is 1. The fourth-order valence-corrected chi connectivity index (χ4v) is 9.60. The number of nitrogens with zero attached hydrogens (tertiary/aromatic N) is 5. The number of nitriles is 1. The van der Waals surface area contributed by atoms with Gasteiger partial charge in [-0.1, -0.05) is 56.3 Å². The lowest BCUT2D eigenvalue weighted by atomic mass is 9.86. The second-order valence-corrected chi connectivity index (χ2v) is 16.2. The van der Waals surface area contributed by atoms with E-state index in [2.05, 4.69) is 0 Å². The van der Waals surface area contributed by atoms with Gasteiger partial charge in [-0.15, -0.1) is 0 Å². The zero-order valence-electron chi connectivity index (χ0n) is 28.2. The Labute approximate surface area is 296 Å². The van der Waals surface area contributed by atoms with E-state index in [0.717, 1.165) is 4.90 Å². The molecule has 0 saturated carbocycles. The van der Waals surface area contributed by atoms with Crippen molar-refractivity contribution in [3.05, 3.63) is 107 Å². The molecule has 1 unspecified atom stereocenters. The van der Waals surface area contributed by atoms with E-state index in [9.17, 15) is 31.7 Å². The molecular weight excluding hydrogens is 691 g/mol. The predicted molar refractivity (Wildman–Crippen MR) is 192 cm³/mol. The fraction of sp³-hybridized carbons (Fsp3) is 0.243. The van der Waals surface area contributed by atoms with Crippen LogP contribution < -0.4 is 4.74 Å². The van der Waals surface area contributed by atoms with Crippen molar-refractivity contribution in [3.63, 3.8) is 0 Å². The number of amides is 2. The molecule has 0 N–H and O–H groups in total. The molecule has 4 aromatic rings. The van der Waals surface area contributed by atoms with E-state index in [-0.39, 0.29) is 46.9 Å². The van der Waals surface area contributed by atoms with E-state index < -0.39 is 43.5 Å². The van der Waals surface area contributed by atoms with Gasteiger partial charge in [0.1, 0.15) is 23.1 Å². The van der Waals surface area contributed by atoms with Crippen molar-refractivity contribution in [1.82, 2.24) is 19.0 Å². The van der Waals surface area contributed by atoms with E-state index in [0.29, 0.717) is 33.8 Å². The van der Waals surface area contributed by atoms with Gasteiger partial charge in [0.05, 0.1) is 40.8 Å². The molecule has 3 aromatic carbocycles. The maximum atomic E-state index is 14.5.